The van der Waals surface area contributed by atoms with Gasteiger partial charge < -0.3 is 5.73 Å². The Balaban J connectivity index is 0. The van der Waals surface area contributed by atoms with Gasteiger partial charge in [-0.25, -0.2) is 11.1 Å². The molecule has 0 aromatic rings. The second-order valence-electron chi connectivity index (χ2n) is 1.46. The molecule has 0 heterocycles. The molecule has 4 N–H and O–H groups in total. The second kappa shape index (κ2) is 10.1. The van der Waals surface area contributed by atoms with Gasteiger partial charge in [-0.1, -0.05) is 6.92 Å². The lowest BCUT2D eigenvalue weighted by molar-refractivity contribution is 0.979. The van der Waals surface area contributed by atoms with Gasteiger partial charge in [0.2, 0.25) is 0 Å². The van der Waals surface area contributed by atoms with Crippen molar-refractivity contribution < 1.29 is 0 Å². The molecule has 0 fully saturated rings. The minimum Gasteiger partial charge on any atom is -0.387 e. The predicted molar refractivity (Wildman–Crippen MR) is 37.9 cm³/mol. The van der Waals surface area contributed by atoms with Gasteiger partial charge in [0.1, 0.15) is 0 Å². The highest BCUT2D eigenvalue weighted by Crippen LogP contribution is 1.83. The third-order valence-corrected chi connectivity index (χ3v) is 0.793. The Morgan fingerprint density at radius 3 is 2.11 bits per heavy atom. The Labute approximate surface area is 55.5 Å². The highest BCUT2D eigenvalue weighted by atomic mass is 14.8. The topological polar surface area (TPSA) is 86.1 Å². The van der Waals surface area contributed by atoms with Crippen molar-refractivity contribution >= 4 is 5.84 Å². The monoisotopic (exact) mass is 130 g/mol. The minimum atomic E-state index is 0.752. The van der Waals surface area contributed by atoms with Gasteiger partial charge in [0.05, 0.1) is 5.84 Å². The van der Waals surface area contributed by atoms with E-state index in [4.69, 9.17) is 16.8 Å². The van der Waals surface area contributed by atoms with Crippen LogP contribution in [0.25, 0.3) is 0 Å². The van der Waals surface area contributed by atoms with Crippen molar-refractivity contribution in [1.29, 1.82) is 11.1 Å². The molecule has 0 amide bonds. The van der Waals surface area contributed by atoms with Gasteiger partial charge in [-0.15, -0.1) is 0 Å². The van der Waals surface area contributed by atoms with Gasteiger partial charge in [0.15, 0.2) is 0 Å². The molecule has 0 saturated carbocycles. The highest BCUT2D eigenvalue weighted by Gasteiger charge is 1.82. The lowest BCUT2D eigenvalue weighted by Crippen LogP contribution is -2.09. The average Bonchev–Trinajstić information content (AvgIpc) is 1.93. The zero-order valence-electron chi connectivity index (χ0n) is 5.94. The normalized spacial score (nSPS) is 9.78. The summed E-state index contributed by atoms with van der Waals surface area (Å²) >= 11 is 0. The molecule has 0 aliphatic heterocycles. The fourth-order valence-electron chi connectivity index (χ4n) is 0.368. The van der Waals surface area contributed by atoms with Crippen molar-refractivity contribution in [2.45, 2.75) is 19.8 Å². The predicted octanol–water partition coefficient (Wildman–Crippen LogP) is 1.37. The Morgan fingerprint density at radius 1 is 1.56 bits per heavy atom. The summed E-state index contributed by atoms with van der Waals surface area (Å²) in [6, 6.07) is 0. The third-order valence-electron chi connectivity index (χ3n) is 0.793. The van der Waals surface area contributed by atoms with Gasteiger partial charge in [-0.2, -0.15) is 0 Å². The summed E-state index contributed by atoms with van der Waals surface area (Å²) in [7, 11) is 1.71. The molecule has 4 nitrogen and oxygen atoms in total. The van der Waals surface area contributed by atoms with Crippen LogP contribution in [0.5, 0.6) is 0 Å². The van der Waals surface area contributed by atoms with E-state index in [2.05, 4.69) is 11.9 Å². The summed E-state index contributed by atoms with van der Waals surface area (Å²) in [5.41, 5.74) is 15.3. The van der Waals surface area contributed by atoms with Crippen LogP contribution < -0.4 is 5.73 Å². The summed E-state index contributed by atoms with van der Waals surface area (Å²) in [5, 5.41) is 0. The van der Waals surface area contributed by atoms with Gasteiger partial charge in [-0.05, 0) is 6.42 Å². The van der Waals surface area contributed by atoms with Crippen LogP contribution in [-0.2, 0) is 0 Å². The van der Waals surface area contributed by atoms with Crippen molar-refractivity contribution in [1.82, 2.24) is 0 Å². The van der Waals surface area contributed by atoms with Crippen LogP contribution in [0.3, 0.4) is 0 Å². The molecule has 0 aliphatic carbocycles. The largest absolute Gasteiger partial charge is 0.387 e. The molecule has 0 bridgehead atoms. The summed E-state index contributed by atoms with van der Waals surface area (Å²) in [5.74, 6) is 0.752. The molecule has 0 atom stereocenters. The maximum Gasteiger partial charge on any atom is 0.0933 e. The Kier molecular flexibility index (Phi) is 12.3. The zero-order valence-corrected chi connectivity index (χ0v) is 5.94. The van der Waals surface area contributed by atoms with E-state index >= 15 is 0 Å². The van der Waals surface area contributed by atoms with Crippen LogP contribution in [0.15, 0.2) is 4.99 Å². The molecule has 54 valence electrons. The molecular formula is C5H14N4. The maximum absolute atomic E-state index is 5.33. The van der Waals surface area contributed by atoms with E-state index in [0.29, 0.717) is 0 Å². The molecule has 4 heteroatoms. The van der Waals surface area contributed by atoms with Crippen LogP contribution in [0.2, 0.25) is 0 Å². The molecular weight excluding hydrogens is 116 g/mol. The molecule has 0 spiro atoms. The molecule has 0 unspecified atom stereocenters. The molecule has 0 aromatic heterocycles. The molecule has 0 aliphatic rings. The number of aliphatic imine (C=N–C) groups is 1. The summed E-state index contributed by atoms with van der Waals surface area (Å²) < 4.78 is 0. The fourth-order valence-corrected chi connectivity index (χ4v) is 0.368. The molecule has 9 heavy (non-hydrogen) atoms. The first-order valence-corrected chi connectivity index (χ1v) is 2.77. The molecule has 0 saturated heterocycles. The van der Waals surface area contributed by atoms with Crippen LogP contribution in [0, 0.1) is 11.1 Å². The maximum atomic E-state index is 5.33. The van der Waals surface area contributed by atoms with E-state index in [1.807, 2.05) is 0 Å². The van der Waals surface area contributed by atoms with Crippen molar-refractivity contribution in [3.05, 3.63) is 0 Å². The lowest BCUT2D eigenvalue weighted by atomic mass is 10.3. The van der Waals surface area contributed by atoms with Gasteiger partial charge >= 0.3 is 0 Å². The van der Waals surface area contributed by atoms with E-state index in [1.54, 1.807) is 7.05 Å². The number of hydrogen-bond donors (Lipinski definition) is 3. The van der Waals surface area contributed by atoms with Crippen molar-refractivity contribution in [3.63, 3.8) is 0 Å². The van der Waals surface area contributed by atoms with Crippen molar-refractivity contribution in [2.24, 2.45) is 10.7 Å². The van der Waals surface area contributed by atoms with Gasteiger partial charge in [0.25, 0.3) is 0 Å². The lowest BCUT2D eigenvalue weighted by Gasteiger charge is -1.90. The van der Waals surface area contributed by atoms with E-state index in [9.17, 15) is 0 Å². The van der Waals surface area contributed by atoms with Gasteiger partial charge in [0, 0.05) is 13.5 Å². The summed E-state index contributed by atoms with van der Waals surface area (Å²) in [4.78, 5) is 3.77. The Hall–Kier alpha value is -0.930. The quantitative estimate of drug-likeness (QED) is 0.294. The van der Waals surface area contributed by atoms with Crippen LogP contribution >= 0.6 is 0 Å². The fraction of sp³-hybridized carbons (Fsp3) is 0.800. The summed E-state index contributed by atoms with van der Waals surface area (Å²) in [6.07, 6.45) is 2.01. The zero-order chi connectivity index (χ0) is 7.70. The van der Waals surface area contributed by atoms with E-state index in [0.717, 1.165) is 18.7 Å². The molecule has 0 rings (SSSR count). The third kappa shape index (κ3) is 11.0. The highest BCUT2D eigenvalue weighted by molar-refractivity contribution is 5.79. The van der Waals surface area contributed by atoms with Crippen molar-refractivity contribution in [3.8, 4) is 0 Å². The van der Waals surface area contributed by atoms with Crippen LogP contribution in [-0.4, -0.2) is 12.9 Å². The number of nitrogens with two attached hydrogens (primary N) is 1. The first-order chi connectivity index (χ1) is 4.31. The standard InChI is InChI=1S/C5H12N2.H2N2/c1-3-4-5(6)7-2;1-2/h3-4H2,1-2H3,(H2,6,7);1-2H. The van der Waals surface area contributed by atoms with Crippen LogP contribution in [0.1, 0.15) is 19.8 Å². The van der Waals surface area contributed by atoms with Gasteiger partial charge in [-0.3, -0.25) is 4.99 Å². The Bertz CT molecular complexity index is 79.0. The van der Waals surface area contributed by atoms with E-state index < -0.39 is 0 Å². The molecule has 0 radical (unpaired) electrons. The smallest absolute Gasteiger partial charge is 0.0933 e. The SMILES string of the molecule is CCCC(N)=NC.N=N. The number of nitrogens with zero attached hydrogens (tertiary/aromatic N) is 1. The first kappa shape index (κ1) is 10.9. The number of rotatable bonds is 2. The number of amidine groups is 1. The average molecular weight is 130 g/mol. The second-order valence-corrected chi connectivity index (χ2v) is 1.46. The number of nitrogens with one attached hydrogen (secondary N) is 2. The van der Waals surface area contributed by atoms with Crippen molar-refractivity contribution in [2.75, 3.05) is 7.05 Å². The molecule has 0 aromatic carbocycles. The van der Waals surface area contributed by atoms with E-state index in [-0.39, 0.29) is 0 Å². The van der Waals surface area contributed by atoms with E-state index in [1.165, 1.54) is 0 Å². The number of hydrogen-bond acceptors (Lipinski definition) is 3. The first-order valence-electron chi connectivity index (χ1n) is 2.77. The minimum absolute atomic E-state index is 0.752. The Morgan fingerprint density at radius 2 is 2.00 bits per heavy atom. The summed E-state index contributed by atoms with van der Waals surface area (Å²) in [6.45, 7) is 2.08. The van der Waals surface area contributed by atoms with Crippen LogP contribution in [0.4, 0.5) is 0 Å².